The third-order valence-electron chi connectivity index (χ3n) is 5.17. The lowest BCUT2D eigenvalue weighted by molar-refractivity contribution is -0.112. The Hall–Kier alpha value is -4.07. The maximum Gasteiger partial charge on any atom is 0.296 e. The number of aromatic nitrogens is 2. The molecular formula is C24H19F2N3O3. The molecule has 2 heterocycles. The lowest BCUT2D eigenvalue weighted by atomic mass is 10.1. The Morgan fingerprint density at radius 3 is 2.47 bits per heavy atom. The highest BCUT2D eigenvalue weighted by Crippen LogP contribution is 2.29. The van der Waals surface area contributed by atoms with Gasteiger partial charge in [0.15, 0.2) is 0 Å². The highest BCUT2D eigenvalue weighted by atomic mass is 19.1. The van der Waals surface area contributed by atoms with E-state index in [0.29, 0.717) is 28.8 Å². The first-order chi connectivity index (χ1) is 15.4. The molecule has 4 aromatic rings. The van der Waals surface area contributed by atoms with Crippen LogP contribution in [-0.4, -0.2) is 28.4 Å². The number of Topliss-reactive ketones (excluding diaryl/α,β-unsaturated/α-hetero) is 1. The molecule has 0 aliphatic heterocycles. The Morgan fingerprint density at radius 2 is 1.75 bits per heavy atom. The van der Waals surface area contributed by atoms with Gasteiger partial charge in [-0.2, -0.15) is 0 Å². The molecule has 0 fully saturated rings. The van der Waals surface area contributed by atoms with Gasteiger partial charge in [-0.15, -0.1) is 0 Å². The van der Waals surface area contributed by atoms with Crippen molar-refractivity contribution < 1.29 is 23.1 Å². The number of rotatable bonds is 6. The number of nitrogens with zero attached hydrogens (tertiary/aromatic N) is 2. The fourth-order valence-electron chi connectivity index (χ4n) is 3.62. The highest BCUT2D eigenvalue weighted by Gasteiger charge is 2.26. The molecule has 162 valence electrons. The standard InChI is InChI=1S/C24H19F2N3O3/c1-14-22(23(30)24(31)28-18-9-10-27-21(12-18)32-2)19-11-17(26)7-8-20(19)29(14)13-15-3-5-16(25)6-4-15/h3-12H,13H2,1-2H3,(H,27,28,31). The Labute approximate surface area is 182 Å². The van der Waals surface area contributed by atoms with Crippen molar-refractivity contribution in [1.29, 1.82) is 0 Å². The molecule has 8 heteroatoms. The largest absolute Gasteiger partial charge is 0.481 e. The lowest BCUT2D eigenvalue weighted by Crippen LogP contribution is -2.23. The van der Waals surface area contributed by atoms with Gasteiger partial charge in [0.2, 0.25) is 5.88 Å². The maximum atomic E-state index is 14.0. The average Bonchev–Trinajstić information content (AvgIpc) is 3.05. The highest BCUT2D eigenvalue weighted by molar-refractivity contribution is 6.48. The summed E-state index contributed by atoms with van der Waals surface area (Å²) in [4.78, 5) is 29.8. The third kappa shape index (κ3) is 4.07. The van der Waals surface area contributed by atoms with Crippen LogP contribution in [0.15, 0.2) is 60.8 Å². The van der Waals surface area contributed by atoms with Crippen LogP contribution in [0.2, 0.25) is 0 Å². The van der Waals surface area contributed by atoms with Crippen LogP contribution in [0.3, 0.4) is 0 Å². The summed E-state index contributed by atoms with van der Waals surface area (Å²) in [5, 5.41) is 2.86. The van der Waals surface area contributed by atoms with Crippen molar-refractivity contribution in [2.45, 2.75) is 13.5 Å². The zero-order chi connectivity index (χ0) is 22.8. The van der Waals surface area contributed by atoms with Gasteiger partial charge < -0.3 is 14.6 Å². The molecule has 2 aromatic carbocycles. The van der Waals surface area contributed by atoms with Crippen molar-refractivity contribution >= 4 is 28.3 Å². The number of pyridine rings is 1. The van der Waals surface area contributed by atoms with Gasteiger partial charge in [-0.05, 0) is 48.9 Å². The van der Waals surface area contributed by atoms with Gasteiger partial charge in [-0.3, -0.25) is 9.59 Å². The first-order valence-electron chi connectivity index (χ1n) is 9.76. The van der Waals surface area contributed by atoms with Gasteiger partial charge in [0.05, 0.1) is 12.7 Å². The number of nitrogens with one attached hydrogen (secondary N) is 1. The van der Waals surface area contributed by atoms with E-state index in [4.69, 9.17) is 4.74 Å². The van der Waals surface area contributed by atoms with Crippen LogP contribution in [-0.2, 0) is 11.3 Å². The van der Waals surface area contributed by atoms with Crippen LogP contribution in [0.5, 0.6) is 5.88 Å². The van der Waals surface area contributed by atoms with Gasteiger partial charge >= 0.3 is 0 Å². The predicted octanol–water partition coefficient (Wildman–Crippen LogP) is 4.50. The summed E-state index contributed by atoms with van der Waals surface area (Å²) < 4.78 is 34.1. The molecule has 1 amide bonds. The number of hydrogen-bond acceptors (Lipinski definition) is 4. The smallest absolute Gasteiger partial charge is 0.296 e. The van der Waals surface area contributed by atoms with Crippen molar-refractivity contribution in [3.05, 3.63) is 89.2 Å². The number of methoxy groups -OCH3 is 1. The van der Waals surface area contributed by atoms with E-state index in [-0.39, 0.29) is 17.3 Å². The van der Waals surface area contributed by atoms with Gasteiger partial charge in [0.25, 0.3) is 11.7 Å². The fourth-order valence-corrected chi connectivity index (χ4v) is 3.62. The summed E-state index contributed by atoms with van der Waals surface area (Å²) in [7, 11) is 1.44. The van der Waals surface area contributed by atoms with Crippen molar-refractivity contribution in [2.75, 3.05) is 12.4 Å². The second-order valence-electron chi connectivity index (χ2n) is 7.20. The SMILES string of the molecule is COc1cc(NC(=O)C(=O)c2c(C)n(Cc3ccc(F)cc3)c3ccc(F)cc23)ccn1. The molecule has 2 aromatic heterocycles. The van der Waals surface area contributed by atoms with Crippen molar-refractivity contribution in [1.82, 2.24) is 9.55 Å². The second-order valence-corrected chi connectivity index (χ2v) is 7.20. The van der Waals surface area contributed by atoms with E-state index in [9.17, 15) is 18.4 Å². The molecule has 0 atom stereocenters. The number of ketones is 1. The van der Waals surface area contributed by atoms with Crippen LogP contribution in [0.4, 0.5) is 14.5 Å². The summed E-state index contributed by atoms with van der Waals surface area (Å²) in [6, 6.07) is 13.1. The number of fused-ring (bicyclic) bond motifs is 1. The van der Waals surface area contributed by atoms with Crippen molar-refractivity contribution in [2.24, 2.45) is 0 Å². The lowest BCUT2D eigenvalue weighted by Gasteiger charge is -2.09. The molecule has 0 unspecified atom stereocenters. The topological polar surface area (TPSA) is 73.2 Å². The Bertz CT molecular complexity index is 1330. The number of anilines is 1. The summed E-state index contributed by atoms with van der Waals surface area (Å²) in [5.74, 6) is -2.27. The van der Waals surface area contributed by atoms with E-state index in [1.165, 1.54) is 49.7 Å². The van der Waals surface area contributed by atoms with Crippen molar-refractivity contribution in [3.8, 4) is 5.88 Å². The summed E-state index contributed by atoms with van der Waals surface area (Å²) in [6.07, 6.45) is 1.44. The Kier molecular flexibility index (Phi) is 5.68. The van der Waals surface area contributed by atoms with Gasteiger partial charge in [0, 0.05) is 41.1 Å². The van der Waals surface area contributed by atoms with E-state index in [1.54, 1.807) is 29.7 Å². The third-order valence-corrected chi connectivity index (χ3v) is 5.17. The number of carbonyl (C=O) groups excluding carboxylic acids is 2. The molecule has 6 nitrogen and oxygen atoms in total. The zero-order valence-corrected chi connectivity index (χ0v) is 17.4. The van der Waals surface area contributed by atoms with Crippen LogP contribution < -0.4 is 10.1 Å². The monoisotopic (exact) mass is 435 g/mol. The molecular weight excluding hydrogens is 416 g/mol. The number of amides is 1. The van der Waals surface area contributed by atoms with E-state index in [1.807, 2.05) is 0 Å². The minimum atomic E-state index is -0.869. The summed E-state index contributed by atoms with van der Waals surface area (Å²) >= 11 is 0. The molecule has 1 N–H and O–H groups in total. The molecule has 0 aliphatic carbocycles. The van der Waals surface area contributed by atoms with Gasteiger partial charge in [0.1, 0.15) is 11.6 Å². The molecule has 32 heavy (non-hydrogen) atoms. The Balaban J connectivity index is 1.73. The molecule has 0 saturated heterocycles. The minimum absolute atomic E-state index is 0.111. The maximum absolute atomic E-state index is 14.0. The van der Waals surface area contributed by atoms with Crippen LogP contribution in [0.1, 0.15) is 21.6 Å². The molecule has 0 aliphatic rings. The molecule has 0 saturated carbocycles. The Morgan fingerprint density at radius 1 is 1.03 bits per heavy atom. The number of ether oxygens (including phenoxy) is 1. The van der Waals surface area contributed by atoms with Crippen LogP contribution in [0, 0.1) is 18.6 Å². The van der Waals surface area contributed by atoms with E-state index < -0.39 is 17.5 Å². The van der Waals surface area contributed by atoms with Gasteiger partial charge in [-0.1, -0.05) is 12.1 Å². The van der Waals surface area contributed by atoms with Crippen LogP contribution >= 0.6 is 0 Å². The molecule has 4 rings (SSSR count). The number of halogens is 2. The number of hydrogen-bond donors (Lipinski definition) is 1. The normalized spacial score (nSPS) is 10.9. The number of carbonyl (C=O) groups is 2. The van der Waals surface area contributed by atoms with E-state index in [0.717, 1.165) is 5.56 Å². The molecule has 0 radical (unpaired) electrons. The summed E-state index contributed by atoms with van der Waals surface area (Å²) in [6.45, 7) is 2.02. The molecule has 0 spiro atoms. The minimum Gasteiger partial charge on any atom is -0.481 e. The van der Waals surface area contributed by atoms with E-state index in [2.05, 4.69) is 10.3 Å². The van der Waals surface area contributed by atoms with E-state index >= 15 is 0 Å². The number of benzene rings is 2. The predicted molar refractivity (Wildman–Crippen MR) is 116 cm³/mol. The first kappa shape index (κ1) is 21.2. The van der Waals surface area contributed by atoms with Gasteiger partial charge in [-0.25, -0.2) is 13.8 Å². The fraction of sp³-hybridized carbons (Fsp3) is 0.125. The molecule has 0 bridgehead atoms. The average molecular weight is 435 g/mol. The quantitative estimate of drug-likeness (QED) is 0.358. The summed E-state index contributed by atoms with van der Waals surface area (Å²) in [5.41, 5.74) is 2.34. The van der Waals surface area contributed by atoms with Crippen molar-refractivity contribution in [3.63, 3.8) is 0 Å². The van der Waals surface area contributed by atoms with Crippen LogP contribution in [0.25, 0.3) is 10.9 Å². The second kappa shape index (κ2) is 8.58. The first-order valence-corrected chi connectivity index (χ1v) is 9.76. The zero-order valence-electron chi connectivity index (χ0n) is 17.4.